The first-order valence-corrected chi connectivity index (χ1v) is 15.7. The van der Waals surface area contributed by atoms with E-state index in [0.29, 0.717) is 5.56 Å². The van der Waals surface area contributed by atoms with Gasteiger partial charge in [0.1, 0.15) is 43.2 Å². The molecule has 0 aromatic carbocycles. The summed E-state index contributed by atoms with van der Waals surface area (Å²) in [4.78, 5) is 37.6. The maximum atomic E-state index is 13.5. The zero-order chi connectivity index (χ0) is 32.0. The lowest BCUT2D eigenvalue weighted by atomic mass is 10.2. The molecule has 2 fully saturated rings. The van der Waals surface area contributed by atoms with Gasteiger partial charge < -0.3 is 38.2 Å². The summed E-state index contributed by atoms with van der Waals surface area (Å²) < 4.78 is 49.0. The van der Waals surface area contributed by atoms with Crippen LogP contribution in [0.2, 0.25) is 0 Å². The van der Waals surface area contributed by atoms with Crippen molar-refractivity contribution in [2.45, 2.75) is 83.7 Å². The Balaban J connectivity index is 1.55. The molecule has 0 bridgehead atoms. The molecular weight excluding hydrogens is 605 g/mol. The van der Waals surface area contributed by atoms with E-state index in [4.69, 9.17) is 33.5 Å². The van der Waals surface area contributed by atoms with Crippen LogP contribution < -0.4 is 20.7 Å². The number of aromatic nitrogens is 4. The molecule has 0 spiro atoms. The van der Waals surface area contributed by atoms with E-state index >= 15 is 0 Å². The Bertz CT molecular complexity index is 1520. The maximum absolute atomic E-state index is 13.5. The number of nitrogens with zero attached hydrogens (tertiary/aromatic N) is 7. The fourth-order valence-corrected chi connectivity index (χ4v) is 6.53. The molecular formula is C25H36N7O11P. The predicted molar refractivity (Wildman–Crippen MR) is 151 cm³/mol. The molecule has 2 saturated heterocycles. The first kappa shape index (κ1) is 33.6. The summed E-state index contributed by atoms with van der Waals surface area (Å²) in [6.45, 7) is 5.72. The standard InChI is InChI=1S/C25H36N7O11P/c1-5-38-44(37,39-6-2)13-32-23(35)15(4)10-31(25(32)36)21-8-17(19(12-34)41-21)42-22-14(3)9-27-24(28-22)43-16-7-20(29-30-26)40-18(16)11-33/h9-10,16-21,33-34H,5-8,11-13H2,1-4H3/t16-,17+,18-,19-,20+,21-/m1/s1. The first-order chi connectivity index (χ1) is 21.1. The summed E-state index contributed by atoms with van der Waals surface area (Å²) in [5.41, 5.74) is 7.96. The number of azide groups is 1. The van der Waals surface area contributed by atoms with E-state index in [9.17, 15) is 24.4 Å². The average Bonchev–Trinajstić information content (AvgIpc) is 3.58. The van der Waals surface area contributed by atoms with Crippen molar-refractivity contribution in [2.24, 2.45) is 5.11 Å². The highest BCUT2D eigenvalue weighted by atomic mass is 31.2. The summed E-state index contributed by atoms with van der Waals surface area (Å²) >= 11 is 0. The highest BCUT2D eigenvalue weighted by Crippen LogP contribution is 2.49. The van der Waals surface area contributed by atoms with Gasteiger partial charge in [0.25, 0.3) is 5.56 Å². The molecule has 2 N–H and O–H groups in total. The number of hydrogen-bond acceptors (Lipinski definition) is 14. The summed E-state index contributed by atoms with van der Waals surface area (Å²) in [6, 6.07) is -0.0813. The molecule has 2 aromatic rings. The lowest BCUT2D eigenvalue weighted by Gasteiger charge is -2.20. The number of ether oxygens (including phenoxy) is 4. The second-order valence-electron chi connectivity index (χ2n) is 10.1. The van der Waals surface area contributed by atoms with Gasteiger partial charge in [-0.2, -0.15) is 4.98 Å². The van der Waals surface area contributed by atoms with Crippen LogP contribution in [0.5, 0.6) is 11.9 Å². The molecule has 19 heteroatoms. The zero-order valence-corrected chi connectivity index (χ0v) is 25.6. The molecule has 18 nitrogen and oxygen atoms in total. The number of rotatable bonds is 14. The SMILES string of the molecule is CCOP(=O)(Cn1c(=O)c(C)cn([C@H]2C[C@H](Oc3nc(O[C@@H]4C[C@@H](N=[N+]=[N-])O[C@@H]4CO)ncc3C)[C@@H](CO)O2)c1=O)OCC. The Labute approximate surface area is 251 Å². The van der Waals surface area contributed by atoms with Gasteiger partial charge in [-0.05, 0) is 33.2 Å². The zero-order valence-electron chi connectivity index (χ0n) is 24.7. The van der Waals surface area contributed by atoms with Gasteiger partial charge in [-0.1, -0.05) is 5.11 Å². The van der Waals surface area contributed by atoms with E-state index in [-0.39, 0.29) is 50.1 Å². The molecule has 0 amide bonds. The fourth-order valence-electron chi connectivity index (χ4n) is 4.91. The molecule has 2 aromatic heterocycles. The summed E-state index contributed by atoms with van der Waals surface area (Å²) in [6.07, 6.45) is -2.42. The van der Waals surface area contributed by atoms with Gasteiger partial charge in [0.2, 0.25) is 5.88 Å². The third-order valence-electron chi connectivity index (χ3n) is 6.97. The van der Waals surface area contributed by atoms with Gasteiger partial charge >= 0.3 is 19.3 Å². The van der Waals surface area contributed by atoms with Gasteiger partial charge in [0, 0.05) is 41.3 Å². The fraction of sp³-hybridized carbons (Fsp3) is 0.680. The normalized spacial score (nSPS) is 25.1. The van der Waals surface area contributed by atoms with E-state index in [1.807, 2.05) is 0 Å². The Morgan fingerprint density at radius 2 is 1.73 bits per heavy atom. The van der Waals surface area contributed by atoms with Crippen molar-refractivity contribution in [1.29, 1.82) is 0 Å². The molecule has 0 aliphatic carbocycles. The van der Waals surface area contributed by atoms with Crippen molar-refractivity contribution in [3.63, 3.8) is 0 Å². The maximum Gasteiger partial charge on any atom is 0.350 e. The molecule has 4 heterocycles. The van der Waals surface area contributed by atoms with Crippen molar-refractivity contribution in [3.05, 3.63) is 54.8 Å². The van der Waals surface area contributed by atoms with Crippen LogP contribution in [0.15, 0.2) is 27.1 Å². The second-order valence-corrected chi connectivity index (χ2v) is 12.1. The van der Waals surface area contributed by atoms with E-state index in [1.165, 1.54) is 23.9 Å². The highest BCUT2D eigenvalue weighted by molar-refractivity contribution is 7.52. The second kappa shape index (κ2) is 14.6. The molecule has 0 unspecified atom stereocenters. The Morgan fingerprint density at radius 3 is 2.36 bits per heavy atom. The van der Waals surface area contributed by atoms with Crippen molar-refractivity contribution >= 4 is 7.60 Å². The largest absolute Gasteiger partial charge is 0.471 e. The van der Waals surface area contributed by atoms with Gasteiger partial charge in [-0.3, -0.25) is 13.9 Å². The lowest BCUT2D eigenvalue weighted by Crippen LogP contribution is -2.42. The number of hydrogen-bond donors (Lipinski definition) is 2. The van der Waals surface area contributed by atoms with Crippen molar-refractivity contribution in [3.8, 4) is 11.9 Å². The van der Waals surface area contributed by atoms with Crippen LogP contribution >= 0.6 is 7.60 Å². The summed E-state index contributed by atoms with van der Waals surface area (Å²) in [7, 11) is -3.80. The minimum absolute atomic E-state index is 0.0525. The smallest absolute Gasteiger partial charge is 0.350 e. The van der Waals surface area contributed by atoms with Gasteiger partial charge in [0.05, 0.1) is 26.4 Å². The molecule has 0 radical (unpaired) electrons. The summed E-state index contributed by atoms with van der Waals surface area (Å²) in [5, 5.41) is 23.2. The van der Waals surface area contributed by atoms with E-state index in [0.717, 1.165) is 4.57 Å². The average molecular weight is 642 g/mol. The molecule has 4 rings (SSSR count). The van der Waals surface area contributed by atoms with Crippen molar-refractivity contribution in [1.82, 2.24) is 19.1 Å². The lowest BCUT2D eigenvalue weighted by molar-refractivity contribution is -0.0433. The van der Waals surface area contributed by atoms with E-state index in [2.05, 4.69) is 20.0 Å². The van der Waals surface area contributed by atoms with E-state index in [1.54, 1.807) is 20.8 Å². The topological polar surface area (TPSA) is 231 Å². The highest BCUT2D eigenvalue weighted by Gasteiger charge is 2.40. The van der Waals surface area contributed by atoms with Crippen LogP contribution in [0.25, 0.3) is 10.4 Å². The predicted octanol–water partition coefficient (Wildman–Crippen LogP) is 1.53. The van der Waals surface area contributed by atoms with Crippen LogP contribution in [-0.2, 0) is 29.4 Å². The molecule has 2 aliphatic rings. The first-order valence-electron chi connectivity index (χ1n) is 14.0. The monoisotopic (exact) mass is 641 g/mol. The van der Waals surface area contributed by atoms with E-state index < -0.39 is 68.6 Å². The van der Waals surface area contributed by atoms with Crippen LogP contribution in [0.1, 0.15) is 44.0 Å². The summed E-state index contributed by atoms with van der Waals surface area (Å²) in [5.74, 6) is 0.122. The van der Waals surface area contributed by atoms with Crippen LogP contribution in [0.3, 0.4) is 0 Å². The minimum Gasteiger partial charge on any atom is -0.471 e. The third-order valence-corrected chi connectivity index (χ3v) is 8.90. The van der Waals surface area contributed by atoms with Crippen molar-refractivity contribution < 1.29 is 42.8 Å². The number of aliphatic hydroxyl groups excluding tert-OH is 2. The third kappa shape index (κ3) is 7.47. The Kier molecular flexibility index (Phi) is 11.2. The van der Waals surface area contributed by atoms with Gasteiger partial charge in [0.15, 0.2) is 0 Å². The molecule has 0 saturated carbocycles. The van der Waals surface area contributed by atoms with Gasteiger partial charge in [-0.15, -0.1) is 0 Å². The van der Waals surface area contributed by atoms with Crippen LogP contribution in [-0.4, -0.2) is 86.4 Å². The Morgan fingerprint density at radius 1 is 1.07 bits per heavy atom. The minimum atomic E-state index is -3.80. The molecule has 44 heavy (non-hydrogen) atoms. The number of aliphatic hydroxyl groups is 2. The number of aryl methyl sites for hydroxylation is 2. The van der Waals surface area contributed by atoms with Crippen molar-refractivity contribution in [2.75, 3.05) is 26.4 Å². The van der Waals surface area contributed by atoms with Crippen LogP contribution in [0, 0.1) is 13.8 Å². The van der Waals surface area contributed by atoms with Gasteiger partial charge in [-0.25, -0.2) is 14.3 Å². The Hall–Kier alpha value is -3.34. The van der Waals surface area contributed by atoms with Crippen LogP contribution in [0.4, 0.5) is 0 Å². The molecule has 242 valence electrons. The molecule has 2 aliphatic heterocycles. The quantitative estimate of drug-likeness (QED) is 0.129. The molecule has 6 atom stereocenters.